The molecule has 0 bridgehead atoms. The van der Waals surface area contributed by atoms with Crippen LogP contribution in [-0.4, -0.2) is 21.1 Å². The predicted molar refractivity (Wildman–Crippen MR) is 68.6 cm³/mol. The number of thiazole rings is 1. The number of aryl methyl sites for hydroxylation is 1. The molecule has 0 spiro atoms. The SMILES string of the molecule is CCNc1ncc(Cn2cnc(C)cc2=O)s1. The molecule has 17 heavy (non-hydrogen) atoms. The van der Waals surface area contributed by atoms with E-state index in [0.717, 1.165) is 22.2 Å². The fourth-order valence-electron chi connectivity index (χ4n) is 1.42. The van der Waals surface area contributed by atoms with Gasteiger partial charge < -0.3 is 5.32 Å². The van der Waals surface area contributed by atoms with Gasteiger partial charge in [-0.1, -0.05) is 0 Å². The second-order valence-electron chi connectivity index (χ2n) is 3.66. The van der Waals surface area contributed by atoms with Crippen LogP contribution in [-0.2, 0) is 6.54 Å². The van der Waals surface area contributed by atoms with Crippen LogP contribution in [0.4, 0.5) is 5.13 Å². The topological polar surface area (TPSA) is 59.8 Å². The molecule has 0 fully saturated rings. The van der Waals surface area contributed by atoms with Gasteiger partial charge in [0.15, 0.2) is 5.13 Å². The molecule has 0 radical (unpaired) electrons. The van der Waals surface area contributed by atoms with Gasteiger partial charge in [0.05, 0.1) is 12.9 Å². The van der Waals surface area contributed by atoms with E-state index in [0.29, 0.717) is 6.54 Å². The average Bonchev–Trinajstić information content (AvgIpc) is 2.71. The molecule has 0 unspecified atom stereocenters. The normalized spacial score (nSPS) is 10.5. The van der Waals surface area contributed by atoms with Gasteiger partial charge in [0.1, 0.15) is 0 Å². The molecule has 0 amide bonds. The zero-order valence-electron chi connectivity index (χ0n) is 9.80. The van der Waals surface area contributed by atoms with E-state index in [-0.39, 0.29) is 5.56 Å². The Bertz CT molecular complexity index is 561. The fourth-order valence-corrected chi connectivity index (χ4v) is 2.30. The Balaban J connectivity index is 2.16. The summed E-state index contributed by atoms with van der Waals surface area (Å²) in [5.74, 6) is 0. The molecule has 2 heterocycles. The quantitative estimate of drug-likeness (QED) is 0.893. The third-order valence-electron chi connectivity index (χ3n) is 2.22. The summed E-state index contributed by atoms with van der Waals surface area (Å²) in [4.78, 5) is 21.0. The molecular weight excluding hydrogens is 236 g/mol. The third-order valence-corrected chi connectivity index (χ3v) is 3.16. The van der Waals surface area contributed by atoms with Crippen LogP contribution in [0.25, 0.3) is 0 Å². The van der Waals surface area contributed by atoms with E-state index in [9.17, 15) is 4.79 Å². The van der Waals surface area contributed by atoms with Crippen molar-refractivity contribution in [1.82, 2.24) is 14.5 Å². The smallest absolute Gasteiger partial charge is 0.253 e. The van der Waals surface area contributed by atoms with Crippen molar-refractivity contribution in [3.63, 3.8) is 0 Å². The van der Waals surface area contributed by atoms with Crippen molar-refractivity contribution in [1.29, 1.82) is 0 Å². The van der Waals surface area contributed by atoms with Gasteiger partial charge in [-0.15, -0.1) is 11.3 Å². The van der Waals surface area contributed by atoms with Crippen LogP contribution in [0.5, 0.6) is 0 Å². The summed E-state index contributed by atoms with van der Waals surface area (Å²) in [6.07, 6.45) is 3.36. The van der Waals surface area contributed by atoms with E-state index in [1.54, 1.807) is 28.4 Å². The maximum absolute atomic E-state index is 11.7. The van der Waals surface area contributed by atoms with E-state index < -0.39 is 0 Å². The Morgan fingerprint density at radius 1 is 1.47 bits per heavy atom. The van der Waals surface area contributed by atoms with E-state index >= 15 is 0 Å². The summed E-state index contributed by atoms with van der Waals surface area (Å²) in [5.41, 5.74) is 0.708. The zero-order valence-corrected chi connectivity index (χ0v) is 10.6. The highest BCUT2D eigenvalue weighted by Crippen LogP contribution is 2.18. The first-order chi connectivity index (χ1) is 8.19. The first-order valence-corrected chi connectivity index (χ1v) is 6.22. The largest absolute Gasteiger partial charge is 0.362 e. The number of aromatic nitrogens is 3. The number of anilines is 1. The van der Waals surface area contributed by atoms with Gasteiger partial charge in [-0.25, -0.2) is 9.97 Å². The molecular formula is C11H14N4OS. The summed E-state index contributed by atoms with van der Waals surface area (Å²) in [7, 11) is 0. The van der Waals surface area contributed by atoms with Crippen molar-refractivity contribution < 1.29 is 0 Å². The Morgan fingerprint density at radius 2 is 2.29 bits per heavy atom. The van der Waals surface area contributed by atoms with E-state index in [2.05, 4.69) is 15.3 Å². The van der Waals surface area contributed by atoms with Crippen molar-refractivity contribution in [2.45, 2.75) is 20.4 Å². The first kappa shape index (κ1) is 11.8. The van der Waals surface area contributed by atoms with Crippen LogP contribution >= 0.6 is 11.3 Å². The Kier molecular flexibility index (Phi) is 3.53. The Morgan fingerprint density at radius 3 is 3.00 bits per heavy atom. The molecule has 0 aliphatic rings. The molecule has 0 aliphatic carbocycles. The minimum absolute atomic E-state index is 0.0316. The molecule has 2 aromatic rings. The summed E-state index contributed by atoms with van der Waals surface area (Å²) in [5, 5.41) is 4.03. The van der Waals surface area contributed by atoms with Gasteiger partial charge in [-0.05, 0) is 13.8 Å². The number of rotatable bonds is 4. The lowest BCUT2D eigenvalue weighted by Gasteiger charge is -2.02. The summed E-state index contributed by atoms with van der Waals surface area (Å²) in [6, 6.07) is 1.53. The van der Waals surface area contributed by atoms with Gasteiger partial charge in [0, 0.05) is 29.4 Å². The molecule has 6 heteroatoms. The van der Waals surface area contributed by atoms with Crippen molar-refractivity contribution in [2.75, 3.05) is 11.9 Å². The van der Waals surface area contributed by atoms with Crippen LogP contribution in [0.15, 0.2) is 23.4 Å². The highest BCUT2D eigenvalue weighted by molar-refractivity contribution is 7.15. The predicted octanol–water partition coefficient (Wildman–Crippen LogP) is 1.49. The molecule has 1 N–H and O–H groups in total. The number of hydrogen-bond acceptors (Lipinski definition) is 5. The number of nitrogens with one attached hydrogen (secondary N) is 1. The van der Waals surface area contributed by atoms with Crippen molar-refractivity contribution in [3.8, 4) is 0 Å². The monoisotopic (exact) mass is 250 g/mol. The van der Waals surface area contributed by atoms with Crippen molar-refractivity contribution in [3.05, 3.63) is 39.5 Å². The molecule has 2 rings (SSSR count). The van der Waals surface area contributed by atoms with Crippen LogP contribution < -0.4 is 10.9 Å². The van der Waals surface area contributed by atoms with Gasteiger partial charge in [-0.3, -0.25) is 9.36 Å². The molecule has 0 saturated heterocycles. The second kappa shape index (κ2) is 5.09. The zero-order chi connectivity index (χ0) is 12.3. The summed E-state index contributed by atoms with van der Waals surface area (Å²) in [6.45, 7) is 5.20. The van der Waals surface area contributed by atoms with Gasteiger partial charge in [-0.2, -0.15) is 0 Å². The average molecular weight is 250 g/mol. The Hall–Kier alpha value is -1.69. The highest BCUT2D eigenvalue weighted by Gasteiger charge is 2.03. The molecule has 2 aromatic heterocycles. The summed E-state index contributed by atoms with van der Waals surface area (Å²) < 4.78 is 1.58. The first-order valence-electron chi connectivity index (χ1n) is 5.40. The molecule has 5 nitrogen and oxygen atoms in total. The number of hydrogen-bond donors (Lipinski definition) is 1. The standard InChI is InChI=1S/C11H14N4OS/c1-3-12-11-13-5-9(17-11)6-15-7-14-8(2)4-10(15)16/h4-5,7H,3,6H2,1-2H3,(H,12,13). The molecule has 0 aliphatic heterocycles. The van der Waals surface area contributed by atoms with Gasteiger partial charge >= 0.3 is 0 Å². The van der Waals surface area contributed by atoms with Crippen LogP contribution in [0.1, 0.15) is 17.5 Å². The third kappa shape index (κ3) is 2.91. The van der Waals surface area contributed by atoms with Crippen LogP contribution in [0.2, 0.25) is 0 Å². The maximum atomic E-state index is 11.7. The van der Waals surface area contributed by atoms with E-state index in [1.807, 2.05) is 13.8 Å². The molecule has 90 valence electrons. The van der Waals surface area contributed by atoms with Crippen molar-refractivity contribution in [2.24, 2.45) is 0 Å². The van der Waals surface area contributed by atoms with Gasteiger partial charge in [0.2, 0.25) is 0 Å². The second-order valence-corrected chi connectivity index (χ2v) is 4.77. The molecule has 0 atom stereocenters. The van der Waals surface area contributed by atoms with Crippen LogP contribution in [0, 0.1) is 6.92 Å². The lowest BCUT2D eigenvalue weighted by atomic mass is 10.4. The minimum Gasteiger partial charge on any atom is -0.362 e. The highest BCUT2D eigenvalue weighted by atomic mass is 32.1. The minimum atomic E-state index is -0.0316. The number of nitrogens with zero attached hydrogens (tertiary/aromatic N) is 3. The molecule has 0 saturated carbocycles. The van der Waals surface area contributed by atoms with E-state index in [4.69, 9.17) is 0 Å². The molecule has 0 aromatic carbocycles. The Labute approximate surface area is 103 Å². The van der Waals surface area contributed by atoms with Gasteiger partial charge in [0.25, 0.3) is 5.56 Å². The summed E-state index contributed by atoms with van der Waals surface area (Å²) >= 11 is 1.56. The maximum Gasteiger partial charge on any atom is 0.253 e. The lowest BCUT2D eigenvalue weighted by Crippen LogP contribution is -2.20. The fraction of sp³-hybridized carbons (Fsp3) is 0.364. The van der Waals surface area contributed by atoms with Crippen LogP contribution in [0.3, 0.4) is 0 Å². The lowest BCUT2D eigenvalue weighted by molar-refractivity contribution is 0.738. The van der Waals surface area contributed by atoms with E-state index in [1.165, 1.54) is 6.07 Å². The van der Waals surface area contributed by atoms with Crippen molar-refractivity contribution >= 4 is 16.5 Å².